The van der Waals surface area contributed by atoms with E-state index in [2.05, 4.69) is 37.2 Å². The van der Waals surface area contributed by atoms with E-state index in [0.29, 0.717) is 156 Å². The van der Waals surface area contributed by atoms with Gasteiger partial charge in [-0.05, 0) is 188 Å². The van der Waals surface area contributed by atoms with E-state index in [9.17, 15) is 33.9 Å². The van der Waals surface area contributed by atoms with Crippen molar-refractivity contribution in [3.8, 4) is 45.0 Å². The lowest BCUT2D eigenvalue weighted by molar-refractivity contribution is -0.116. The number of nitrogens with zero attached hydrogens (tertiary/aromatic N) is 7. The van der Waals surface area contributed by atoms with Crippen molar-refractivity contribution in [2.45, 2.75) is 39.8 Å². The first-order valence-corrected chi connectivity index (χ1v) is 45.9. The number of pyridine rings is 4. The number of Topliss-reactive ketones (excluding diaryl/α,β-unsaturated/α-hetero) is 4. The summed E-state index contributed by atoms with van der Waals surface area (Å²) in [5.74, 6) is -1.72. The van der Waals surface area contributed by atoms with Crippen LogP contribution in [-0.4, -0.2) is 188 Å². The number of halogens is 10. The van der Waals surface area contributed by atoms with Crippen LogP contribution in [-0.2, 0) is 54.5 Å². The minimum atomic E-state index is -1.03. The molecule has 4 fully saturated rings. The molecule has 4 saturated heterocycles. The summed E-state index contributed by atoms with van der Waals surface area (Å²) in [6, 6.07) is 61.0. The van der Waals surface area contributed by atoms with Crippen molar-refractivity contribution in [2.75, 3.05) is 128 Å². The number of ketones is 4. The number of carboxylic acids is 1. The minimum Gasteiger partial charge on any atom is -0.478 e. The SMILES string of the molecule is C1COCCN1.CC(=O)Cc1ccc(-c2cc(CN3CCOCC3)c3ccc(Cl)cc3n2)cc1Cl.CC(=O)c1ccc(N)c(Cl)c1.Nc1ccc(-c2cc(C(=O)N3CCOCC3)c3ccc(Cl)cc3n2)cc1Cl.Nc1ccc(-c2cc(C(=O)O)c3ccc(Cl)cc3n2)cc1Cl.Nc1ccc(-c2cc(CN3CCOCC3)c3ccc(Cl)cc3n2)cc1Cl.O=C1Cc2cc(Cl)ccc2C1=O.[B]. The number of aromatic carboxylic acids is 1. The molecule has 0 bridgehead atoms. The van der Waals surface area contributed by atoms with Gasteiger partial charge in [-0.1, -0.05) is 171 Å². The molecule has 0 spiro atoms. The molecule has 14 aromatic rings. The molecule has 0 saturated carbocycles. The second kappa shape index (κ2) is 48.2. The fraction of sp³-hybridized carbons (Fsp3) is 0.220. The summed E-state index contributed by atoms with van der Waals surface area (Å²) in [4.78, 5) is 94.4. The highest BCUT2D eigenvalue weighted by Gasteiger charge is 2.29. The first-order valence-electron chi connectivity index (χ1n) is 42.1. The third kappa shape index (κ3) is 27.4. The lowest BCUT2D eigenvalue weighted by atomic mass is 10.0. The van der Waals surface area contributed by atoms with Crippen LogP contribution in [0.25, 0.3) is 88.6 Å². The highest BCUT2D eigenvalue weighted by Crippen LogP contribution is 2.38. The fourth-order valence-corrected chi connectivity index (χ4v) is 16.7. The van der Waals surface area contributed by atoms with Crippen LogP contribution < -0.4 is 28.3 Å². The standard InChI is InChI=1S/C23H22Cl2N2O2.C20H17Cl2N3O2.C20H19Cl2N3O.C16H10Cl2N2O2.C9H5ClO2.C8H8ClNO.C4H9NO.B/c1-15(28)10-16-2-3-17(11-21(16)25)22-12-18(14-27-6-8-29-9-7-27)20-5-4-19(24)13-23(20)26-22;21-13-2-3-14-15(20(26)25-5-7-27-8-6-25)11-18(24-19(14)10-13)12-1-4-17(23)16(22)9-12;21-15-2-3-16-14(12-25-5-7-26-8-6-25)10-19(24-20(16)11-15)13-1-4-18(23)17(22)9-13;17-9-2-3-10-11(16(21)22)7-14(20-15(10)6-9)8-1-4-13(19)12(18)5-8;10-6-1-2-7-5(3-6)4-8(11)9(7)12;1-5(11)6-2-3-8(10)7(9)4-6;1-3-6-4-2-5-1;/h2-5,11-13H,6-10,14H2,1H3;1-4,9-11H,5-8,23H2;1-4,9-11H,5-8,12,23H2;1-7H,19H2,(H,21,22);1-3H,4H2;2-4H,10H2,1H3;5H,1-4H2;. The Morgan fingerprint density at radius 3 is 1.13 bits per heavy atom. The first-order chi connectivity index (χ1) is 63.9. The molecule has 5 aliphatic rings. The van der Waals surface area contributed by atoms with Gasteiger partial charge < -0.3 is 57.2 Å². The second-order valence-corrected chi connectivity index (χ2v) is 35.6. The van der Waals surface area contributed by atoms with Crippen LogP contribution in [0.1, 0.15) is 77.5 Å². The molecule has 8 heterocycles. The Kier molecular flexibility index (Phi) is 36.8. The summed E-state index contributed by atoms with van der Waals surface area (Å²) in [6.45, 7) is 17.5. The molecule has 0 atom stereocenters. The number of carbonyl (C=O) groups is 6. The number of fused-ring (bicyclic) bond motifs is 5. The van der Waals surface area contributed by atoms with Crippen LogP contribution in [0.15, 0.2) is 206 Å². The number of carbonyl (C=O) groups excluding carboxylic acids is 5. The topological polar surface area (TPSA) is 337 Å². The van der Waals surface area contributed by atoms with Gasteiger partial charge in [0.05, 0.1) is 152 Å². The Bertz CT molecular complexity index is 6710. The number of carboxylic acid groups (broad SMARTS) is 1. The summed E-state index contributed by atoms with van der Waals surface area (Å²) >= 11 is 60.8. The van der Waals surface area contributed by atoms with Gasteiger partial charge in [0.2, 0.25) is 11.6 Å². The predicted molar refractivity (Wildman–Crippen MR) is 542 cm³/mol. The lowest BCUT2D eigenvalue weighted by Crippen LogP contribution is -2.40. The Balaban J connectivity index is 0.000000146. The molecule has 10 aromatic carbocycles. The monoisotopic (exact) mass is 2000 g/mol. The molecule has 3 radical (unpaired) electrons. The quantitative estimate of drug-likeness (QED) is 0.0270. The van der Waals surface area contributed by atoms with Crippen LogP contribution in [0, 0.1) is 0 Å². The van der Waals surface area contributed by atoms with Gasteiger partial charge in [-0.3, -0.25) is 33.8 Å². The van der Waals surface area contributed by atoms with Crippen molar-refractivity contribution in [3.63, 3.8) is 0 Å². The van der Waals surface area contributed by atoms with Crippen LogP contribution in [0.3, 0.4) is 0 Å². The van der Waals surface area contributed by atoms with E-state index >= 15 is 0 Å². The largest absolute Gasteiger partial charge is 0.478 e. The van der Waals surface area contributed by atoms with Gasteiger partial charge in [-0.15, -0.1) is 0 Å². The number of morpholine rings is 4. The molecular formula is C100H90BCl10N12O11. The average Bonchev–Trinajstić information content (AvgIpc) is 1.28. The summed E-state index contributed by atoms with van der Waals surface area (Å²) in [7, 11) is 0. The van der Waals surface area contributed by atoms with E-state index in [0.717, 1.165) is 158 Å². The van der Waals surface area contributed by atoms with Crippen molar-refractivity contribution in [1.82, 2.24) is 40.0 Å². The van der Waals surface area contributed by atoms with Crippen LogP contribution >= 0.6 is 116 Å². The van der Waals surface area contributed by atoms with Crippen molar-refractivity contribution < 1.29 is 52.8 Å². The normalized spacial score (nSPS) is 14.2. The summed E-state index contributed by atoms with van der Waals surface area (Å²) < 4.78 is 21.3. The summed E-state index contributed by atoms with van der Waals surface area (Å²) in [5, 5.41) is 21.4. The number of amides is 1. The average molecular weight is 2000 g/mol. The van der Waals surface area contributed by atoms with Gasteiger partial charge in [0, 0.05) is 172 Å². The van der Waals surface area contributed by atoms with E-state index < -0.39 is 5.97 Å². The zero-order valence-corrected chi connectivity index (χ0v) is 80.2. The molecule has 1 aliphatic carbocycles. The Morgan fingerprint density at radius 1 is 0.388 bits per heavy atom. The van der Waals surface area contributed by atoms with Crippen LogP contribution in [0.5, 0.6) is 0 Å². The number of nitrogens with one attached hydrogen (secondary N) is 1. The van der Waals surface area contributed by atoms with Gasteiger partial charge in [0.25, 0.3) is 5.91 Å². The van der Waals surface area contributed by atoms with E-state index in [1.807, 2.05) is 84.9 Å². The van der Waals surface area contributed by atoms with E-state index in [1.165, 1.54) is 24.1 Å². The third-order valence-electron chi connectivity index (χ3n) is 21.9. The molecule has 19 rings (SSSR count). The number of hydrogen-bond acceptors (Lipinski definition) is 21. The lowest BCUT2D eigenvalue weighted by Gasteiger charge is -2.27. The zero-order valence-electron chi connectivity index (χ0n) is 72.6. The smallest absolute Gasteiger partial charge is 0.336 e. The molecular weight excluding hydrogens is 1910 g/mol. The predicted octanol–water partition coefficient (Wildman–Crippen LogP) is 21.5. The number of ether oxygens (including phenoxy) is 4. The van der Waals surface area contributed by atoms with Gasteiger partial charge in [0.1, 0.15) is 5.78 Å². The van der Waals surface area contributed by atoms with Gasteiger partial charge in [-0.25, -0.2) is 24.7 Å². The van der Waals surface area contributed by atoms with Crippen molar-refractivity contribution in [2.24, 2.45) is 0 Å². The number of benzene rings is 10. The number of hydrogen-bond donors (Lipinski definition) is 6. The van der Waals surface area contributed by atoms with Crippen molar-refractivity contribution in [1.29, 1.82) is 0 Å². The number of aromatic nitrogens is 4. The van der Waals surface area contributed by atoms with E-state index in [1.54, 1.807) is 115 Å². The molecule has 10 N–H and O–H groups in total. The maximum Gasteiger partial charge on any atom is 0.336 e. The zero-order chi connectivity index (χ0) is 94.7. The number of nitrogen functional groups attached to an aromatic ring is 4. The Morgan fingerprint density at radius 2 is 0.746 bits per heavy atom. The maximum atomic E-state index is 13.2. The molecule has 23 nitrogen and oxygen atoms in total. The number of nitrogens with two attached hydrogens (primary N) is 4. The van der Waals surface area contributed by atoms with Crippen molar-refractivity contribution >= 4 is 226 Å². The number of rotatable bonds is 13. The summed E-state index contributed by atoms with van der Waals surface area (Å²) in [5.41, 5.74) is 39.7. The molecule has 689 valence electrons. The highest BCUT2D eigenvalue weighted by molar-refractivity contribution is 6.47. The Hall–Kier alpha value is -10.7. The summed E-state index contributed by atoms with van der Waals surface area (Å²) in [6.07, 6.45) is 0.539. The van der Waals surface area contributed by atoms with Crippen LogP contribution in [0.2, 0.25) is 50.2 Å². The minimum absolute atomic E-state index is 0. The van der Waals surface area contributed by atoms with Crippen molar-refractivity contribution in [3.05, 3.63) is 301 Å². The maximum absolute atomic E-state index is 13.2. The second-order valence-electron chi connectivity index (χ2n) is 31.4. The fourth-order valence-electron chi connectivity index (χ4n) is 14.9. The third-order valence-corrected chi connectivity index (χ3v) is 24.7. The van der Waals surface area contributed by atoms with Gasteiger partial charge in [0.15, 0.2) is 5.78 Å². The highest BCUT2D eigenvalue weighted by atomic mass is 35.5. The molecule has 1 amide bonds. The molecule has 34 heteroatoms. The van der Waals surface area contributed by atoms with Gasteiger partial charge in [-0.2, -0.15) is 0 Å². The van der Waals surface area contributed by atoms with E-state index in [4.69, 9.17) is 168 Å². The van der Waals surface area contributed by atoms with Gasteiger partial charge >= 0.3 is 5.97 Å². The van der Waals surface area contributed by atoms with E-state index in [-0.39, 0.29) is 49.4 Å². The molecule has 0 unspecified atom stereocenters. The molecule has 4 aromatic heterocycles. The molecule has 4 aliphatic heterocycles. The Labute approximate surface area is 826 Å². The number of anilines is 4. The molecule has 134 heavy (non-hydrogen) atoms. The first kappa shape index (κ1) is 102. The van der Waals surface area contributed by atoms with Crippen LogP contribution in [0.4, 0.5) is 22.7 Å².